The van der Waals surface area contributed by atoms with E-state index in [9.17, 15) is 9.59 Å². The standard InChI is InChI=1S/C31H34Cl2N4O4/c1-19(2)41-26-17-24(40-5)13-14-25(26)30-35-28(20(3)7-6-8-21(4)32)29(22-9-11-23(33)12-10-22)37(30)31(39)36-16-15-34-27(38)18-36/h6-14,17,19,28-29H,3,15-16,18H2,1-2,4-5H3,(H,34,38)/b7-6-,21-8+/t28-,29+/m0/s1. The maximum Gasteiger partial charge on any atom is 0.326 e. The van der Waals surface area contributed by atoms with E-state index in [-0.39, 0.29) is 24.6 Å². The molecule has 0 unspecified atom stereocenters. The van der Waals surface area contributed by atoms with E-state index in [1.165, 1.54) is 4.90 Å². The number of methoxy groups -OCH3 is 1. The van der Waals surface area contributed by atoms with Crippen molar-refractivity contribution < 1.29 is 19.1 Å². The van der Waals surface area contributed by atoms with E-state index in [0.29, 0.717) is 51.6 Å². The third kappa shape index (κ3) is 7.13. The molecule has 2 heterocycles. The van der Waals surface area contributed by atoms with Crippen LogP contribution in [0.2, 0.25) is 5.02 Å². The van der Waals surface area contributed by atoms with Crippen LogP contribution in [0.1, 0.15) is 37.9 Å². The summed E-state index contributed by atoms with van der Waals surface area (Å²) < 4.78 is 11.6. The Bertz CT molecular complexity index is 1400. The summed E-state index contributed by atoms with van der Waals surface area (Å²) in [5.41, 5.74) is 2.10. The third-order valence-electron chi connectivity index (χ3n) is 6.60. The first-order valence-corrected chi connectivity index (χ1v) is 14.1. The second kappa shape index (κ2) is 13.3. The number of hydrogen-bond donors (Lipinski definition) is 1. The van der Waals surface area contributed by atoms with E-state index in [1.807, 2.05) is 38.1 Å². The molecule has 2 aliphatic rings. The summed E-state index contributed by atoms with van der Waals surface area (Å²) in [6.45, 7) is 10.6. The fraction of sp³-hybridized carbons (Fsp3) is 0.323. The molecule has 8 nitrogen and oxygen atoms in total. The summed E-state index contributed by atoms with van der Waals surface area (Å²) in [5.74, 6) is 1.31. The highest BCUT2D eigenvalue weighted by Crippen LogP contribution is 2.41. The molecule has 2 aliphatic heterocycles. The molecule has 2 atom stereocenters. The van der Waals surface area contributed by atoms with Gasteiger partial charge in [0, 0.05) is 29.2 Å². The van der Waals surface area contributed by atoms with E-state index in [1.54, 1.807) is 55.4 Å². The van der Waals surface area contributed by atoms with Crippen molar-refractivity contribution in [3.8, 4) is 11.5 Å². The molecule has 0 spiro atoms. The maximum absolute atomic E-state index is 14.3. The highest BCUT2D eigenvalue weighted by atomic mass is 35.5. The predicted molar refractivity (Wildman–Crippen MR) is 163 cm³/mol. The molecule has 1 N–H and O–H groups in total. The number of amides is 3. The smallest absolute Gasteiger partial charge is 0.326 e. The second-order valence-electron chi connectivity index (χ2n) is 10.0. The van der Waals surface area contributed by atoms with Crippen LogP contribution < -0.4 is 14.8 Å². The minimum atomic E-state index is -0.577. The van der Waals surface area contributed by atoms with Crippen LogP contribution in [-0.4, -0.2) is 66.5 Å². The first-order chi connectivity index (χ1) is 19.6. The quantitative estimate of drug-likeness (QED) is 0.372. The molecule has 41 heavy (non-hydrogen) atoms. The van der Waals surface area contributed by atoms with Gasteiger partial charge in [-0.25, -0.2) is 4.79 Å². The molecular weight excluding hydrogens is 563 g/mol. The molecule has 0 bridgehead atoms. The number of carbonyl (C=O) groups excluding carboxylic acids is 2. The molecular formula is C31H34Cl2N4O4. The lowest BCUT2D eigenvalue weighted by molar-refractivity contribution is -0.123. The maximum atomic E-state index is 14.3. The Balaban J connectivity index is 1.91. The van der Waals surface area contributed by atoms with Gasteiger partial charge in [0.05, 0.1) is 24.8 Å². The average molecular weight is 598 g/mol. The van der Waals surface area contributed by atoms with Gasteiger partial charge < -0.3 is 19.7 Å². The number of nitrogens with one attached hydrogen (secondary N) is 1. The normalized spacial score (nSPS) is 19.4. The number of amidine groups is 1. The van der Waals surface area contributed by atoms with E-state index < -0.39 is 12.1 Å². The van der Waals surface area contributed by atoms with Crippen LogP contribution in [-0.2, 0) is 4.79 Å². The molecule has 1 saturated heterocycles. The Morgan fingerprint density at radius 2 is 1.95 bits per heavy atom. The molecule has 0 aromatic heterocycles. The number of aliphatic imine (C=N–C) groups is 1. The zero-order valence-corrected chi connectivity index (χ0v) is 25.1. The number of piperazine rings is 1. The summed E-state index contributed by atoms with van der Waals surface area (Å²) in [6.07, 6.45) is 5.25. The minimum Gasteiger partial charge on any atom is -0.497 e. The Hall–Kier alpha value is -3.75. The molecule has 2 aromatic carbocycles. The van der Waals surface area contributed by atoms with Crippen molar-refractivity contribution in [3.05, 3.63) is 94.0 Å². The van der Waals surface area contributed by atoms with Crippen molar-refractivity contribution in [2.45, 2.75) is 39.0 Å². The monoisotopic (exact) mass is 596 g/mol. The summed E-state index contributed by atoms with van der Waals surface area (Å²) in [5, 5.41) is 3.97. The largest absolute Gasteiger partial charge is 0.497 e. The number of urea groups is 1. The van der Waals surface area contributed by atoms with Gasteiger partial charge in [-0.2, -0.15) is 0 Å². The molecule has 2 aromatic rings. The second-order valence-corrected chi connectivity index (χ2v) is 11.1. The van der Waals surface area contributed by atoms with Crippen molar-refractivity contribution in [1.29, 1.82) is 0 Å². The topological polar surface area (TPSA) is 83.5 Å². The fourth-order valence-corrected chi connectivity index (χ4v) is 4.95. The van der Waals surface area contributed by atoms with Crippen LogP contribution in [0.5, 0.6) is 11.5 Å². The van der Waals surface area contributed by atoms with E-state index >= 15 is 0 Å². The van der Waals surface area contributed by atoms with Gasteiger partial charge in [0.25, 0.3) is 0 Å². The van der Waals surface area contributed by atoms with Crippen molar-refractivity contribution in [2.24, 2.45) is 4.99 Å². The van der Waals surface area contributed by atoms with Crippen molar-refractivity contribution in [1.82, 2.24) is 15.1 Å². The molecule has 3 amide bonds. The summed E-state index contributed by atoms with van der Waals surface area (Å²) in [7, 11) is 1.58. The van der Waals surface area contributed by atoms with Crippen molar-refractivity contribution in [3.63, 3.8) is 0 Å². The van der Waals surface area contributed by atoms with Crippen LogP contribution in [0, 0.1) is 0 Å². The number of allylic oxidation sites excluding steroid dienone is 3. The summed E-state index contributed by atoms with van der Waals surface area (Å²) in [6, 6.07) is 11.2. The number of nitrogens with zero attached hydrogens (tertiary/aromatic N) is 3. The average Bonchev–Trinajstić information content (AvgIpc) is 3.32. The van der Waals surface area contributed by atoms with E-state index in [2.05, 4.69) is 11.9 Å². The predicted octanol–water partition coefficient (Wildman–Crippen LogP) is 6.11. The lowest BCUT2D eigenvalue weighted by Crippen LogP contribution is -2.55. The lowest BCUT2D eigenvalue weighted by Gasteiger charge is -2.36. The fourth-order valence-electron chi connectivity index (χ4n) is 4.75. The zero-order chi connectivity index (χ0) is 29.7. The van der Waals surface area contributed by atoms with E-state index in [0.717, 1.165) is 5.56 Å². The van der Waals surface area contributed by atoms with Crippen molar-refractivity contribution in [2.75, 3.05) is 26.7 Å². The molecule has 0 aliphatic carbocycles. The Morgan fingerprint density at radius 1 is 1.22 bits per heavy atom. The van der Waals surface area contributed by atoms with Gasteiger partial charge in [-0.05, 0) is 62.2 Å². The van der Waals surface area contributed by atoms with Crippen LogP contribution in [0.3, 0.4) is 0 Å². The summed E-state index contributed by atoms with van der Waals surface area (Å²) in [4.78, 5) is 34.9. The SMILES string of the molecule is C=C(/C=C\C=C(/C)Cl)[C@@H]1N=C(c2ccc(OC)cc2OC(C)C)N(C(=O)N2CCNC(=O)C2)[C@@H]1c1ccc(Cl)cc1. The minimum absolute atomic E-state index is 0.0563. The number of ether oxygens (including phenoxy) is 2. The Morgan fingerprint density at radius 3 is 2.59 bits per heavy atom. The molecule has 0 saturated carbocycles. The summed E-state index contributed by atoms with van der Waals surface area (Å²) >= 11 is 12.3. The van der Waals surface area contributed by atoms with Gasteiger partial charge >= 0.3 is 6.03 Å². The van der Waals surface area contributed by atoms with Crippen LogP contribution in [0.25, 0.3) is 0 Å². The van der Waals surface area contributed by atoms with E-state index in [4.69, 9.17) is 37.7 Å². The van der Waals surface area contributed by atoms with Crippen LogP contribution in [0.4, 0.5) is 4.79 Å². The number of rotatable bonds is 8. The number of hydrogen-bond acceptors (Lipinski definition) is 5. The molecule has 216 valence electrons. The highest BCUT2D eigenvalue weighted by molar-refractivity contribution is 6.30. The highest BCUT2D eigenvalue weighted by Gasteiger charge is 2.45. The molecule has 0 radical (unpaired) electrons. The van der Waals surface area contributed by atoms with Gasteiger partial charge in [-0.15, -0.1) is 0 Å². The van der Waals surface area contributed by atoms with Gasteiger partial charge in [0.2, 0.25) is 5.91 Å². The van der Waals surface area contributed by atoms with Gasteiger partial charge in [0.1, 0.15) is 29.9 Å². The van der Waals surface area contributed by atoms with Gasteiger partial charge in [-0.1, -0.05) is 54.1 Å². The zero-order valence-electron chi connectivity index (χ0n) is 23.6. The van der Waals surface area contributed by atoms with Gasteiger partial charge in [-0.3, -0.25) is 14.7 Å². The van der Waals surface area contributed by atoms with Crippen molar-refractivity contribution >= 4 is 41.0 Å². The lowest BCUT2D eigenvalue weighted by atomic mass is 9.94. The number of carbonyl (C=O) groups is 2. The molecule has 1 fully saturated rings. The third-order valence-corrected chi connectivity index (χ3v) is 6.98. The van der Waals surface area contributed by atoms with Crippen LogP contribution in [0.15, 0.2) is 82.9 Å². The first-order valence-electron chi connectivity index (χ1n) is 13.3. The molecule has 4 rings (SSSR count). The Kier molecular flexibility index (Phi) is 9.78. The molecule has 10 heteroatoms. The Labute approximate surface area is 250 Å². The van der Waals surface area contributed by atoms with Crippen LogP contribution >= 0.6 is 23.2 Å². The number of benzene rings is 2. The first kappa shape index (κ1) is 30.2. The number of halogens is 2. The van der Waals surface area contributed by atoms with Gasteiger partial charge in [0.15, 0.2) is 0 Å².